The molecule has 0 aliphatic carbocycles. The van der Waals surface area contributed by atoms with E-state index < -0.39 is 0 Å². The Labute approximate surface area is 100 Å². The van der Waals surface area contributed by atoms with E-state index in [4.69, 9.17) is 4.74 Å². The maximum Gasteiger partial charge on any atom is 0.309 e. The summed E-state index contributed by atoms with van der Waals surface area (Å²) in [5, 5.41) is 0. The summed E-state index contributed by atoms with van der Waals surface area (Å²) < 4.78 is 4.98. The normalized spacial score (nSPS) is 11.6. The lowest BCUT2D eigenvalue weighted by atomic mass is 10.0. The van der Waals surface area contributed by atoms with Gasteiger partial charge in [0.1, 0.15) is 0 Å². The topological polar surface area (TPSA) is 26.3 Å². The van der Waals surface area contributed by atoms with Crippen LogP contribution in [0.5, 0.6) is 0 Å². The van der Waals surface area contributed by atoms with E-state index >= 15 is 0 Å². The zero-order valence-corrected chi connectivity index (χ0v) is 11.1. The monoisotopic (exact) mass is 226 g/mol. The molecule has 0 aliphatic rings. The highest BCUT2D eigenvalue weighted by Crippen LogP contribution is 2.14. The molecule has 2 nitrogen and oxygen atoms in total. The van der Waals surface area contributed by atoms with E-state index in [9.17, 15) is 4.79 Å². The van der Waals surface area contributed by atoms with Crippen molar-refractivity contribution < 1.29 is 9.53 Å². The van der Waals surface area contributed by atoms with E-state index in [1.807, 2.05) is 6.92 Å². The molecule has 0 spiro atoms. The number of rotatable bonds is 9. The molecule has 0 aliphatic heterocycles. The van der Waals surface area contributed by atoms with Crippen molar-refractivity contribution in [2.24, 2.45) is 0 Å². The number of allylic oxidation sites excluding steroid dienone is 1. The lowest BCUT2D eigenvalue weighted by Crippen LogP contribution is -2.05. The van der Waals surface area contributed by atoms with Gasteiger partial charge in [-0.15, -0.1) is 0 Å². The summed E-state index contributed by atoms with van der Waals surface area (Å²) in [5.41, 5.74) is 1.26. The predicted octanol–water partition coefficient (Wildman–Crippen LogP) is 4.25. The van der Waals surface area contributed by atoms with Crippen LogP contribution in [-0.2, 0) is 9.53 Å². The molecule has 94 valence electrons. The highest BCUT2D eigenvalue weighted by molar-refractivity contribution is 5.72. The molecule has 0 aromatic heterocycles. The van der Waals surface area contributed by atoms with Crippen LogP contribution in [0.2, 0.25) is 0 Å². The van der Waals surface area contributed by atoms with Crippen molar-refractivity contribution in [3.8, 4) is 0 Å². The van der Waals surface area contributed by atoms with Crippen LogP contribution in [-0.4, -0.2) is 12.6 Å². The van der Waals surface area contributed by atoms with E-state index in [2.05, 4.69) is 19.9 Å². The molecule has 0 radical (unpaired) electrons. The van der Waals surface area contributed by atoms with Crippen LogP contribution in [0.25, 0.3) is 0 Å². The van der Waals surface area contributed by atoms with Crippen LogP contribution >= 0.6 is 0 Å². The van der Waals surface area contributed by atoms with Gasteiger partial charge in [-0.3, -0.25) is 4.79 Å². The SMILES string of the molecule is CCCC/C=C(\CCCC)CC(=O)OCC. The summed E-state index contributed by atoms with van der Waals surface area (Å²) in [6.45, 7) is 6.69. The molecule has 0 aromatic rings. The first kappa shape index (κ1) is 15.2. The Morgan fingerprint density at radius 2 is 1.81 bits per heavy atom. The third kappa shape index (κ3) is 8.51. The molecule has 0 rings (SSSR count). The van der Waals surface area contributed by atoms with Gasteiger partial charge in [0.15, 0.2) is 0 Å². The fourth-order valence-corrected chi connectivity index (χ4v) is 1.57. The fraction of sp³-hybridized carbons (Fsp3) is 0.786. The van der Waals surface area contributed by atoms with E-state index in [0.717, 1.165) is 19.3 Å². The van der Waals surface area contributed by atoms with Gasteiger partial charge in [-0.05, 0) is 26.2 Å². The van der Waals surface area contributed by atoms with E-state index in [1.54, 1.807) is 0 Å². The minimum Gasteiger partial charge on any atom is -0.466 e. The van der Waals surface area contributed by atoms with Gasteiger partial charge in [0, 0.05) is 0 Å². The zero-order chi connectivity index (χ0) is 12.2. The molecule has 0 N–H and O–H groups in total. The predicted molar refractivity (Wildman–Crippen MR) is 68.4 cm³/mol. The molecular formula is C14H26O2. The fourth-order valence-electron chi connectivity index (χ4n) is 1.57. The Morgan fingerprint density at radius 3 is 2.38 bits per heavy atom. The van der Waals surface area contributed by atoms with Gasteiger partial charge < -0.3 is 4.74 Å². The molecule has 0 bridgehead atoms. The summed E-state index contributed by atoms with van der Waals surface area (Å²) in [5.74, 6) is -0.0821. The van der Waals surface area contributed by atoms with Gasteiger partial charge in [0.05, 0.1) is 13.0 Å². The third-order valence-electron chi connectivity index (χ3n) is 2.52. The summed E-state index contributed by atoms with van der Waals surface area (Å²) >= 11 is 0. The Kier molecular flexibility index (Phi) is 10.2. The minimum atomic E-state index is -0.0821. The van der Waals surface area contributed by atoms with Gasteiger partial charge in [0.25, 0.3) is 0 Å². The molecule has 0 aromatic carbocycles. The number of hydrogen-bond acceptors (Lipinski definition) is 2. The van der Waals surface area contributed by atoms with Crippen molar-refractivity contribution in [3.05, 3.63) is 11.6 Å². The summed E-state index contributed by atoms with van der Waals surface area (Å²) in [4.78, 5) is 11.4. The van der Waals surface area contributed by atoms with Crippen LogP contribution in [0.3, 0.4) is 0 Å². The van der Waals surface area contributed by atoms with Crippen molar-refractivity contribution >= 4 is 5.97 Å². The van der Waals surface area contributed by atoms with E-state index in [1.165, 1.54) is 24.8 Å². The quantitative estimate of drug-likeness (QED) is 0.334. The minimum absolute atomic E-state index is 0.0821. The smallest absolute Gasteiger partial charge is 0.309 e. The lowest BCUT2D eigenvalue weighted by molar-refractivity contribution is -0.142. The van der Waals surface area contributed by atoms with Crippen molar-refractivity contribution in [2.75, 3.05) is 6.61 Å². The molecular weight excluding hydrogens is 200 g/mol. The molecule has 0 amide bonds. The third-order valence-corrected chi connectivity index (χ3v) is 2.52. The van der Waals surface area contributed by atoms with Crippen molar-refractivity contribution in [1.82, 2.24) is 0 Å². The van der Waals surface area contributed by atoms with Crippen LogP contribution in [0, 0.1) is 0 Å². The van der Waals surface area contributed by atoms with E-state index in [-0.39, 0.29) is 5.97 Å². The molecule has 0 atom stereocenters. The van der Waals surface area contributed by atoms with E-state index in [0.29, 0.717) is 13.0 Å². The summed E-state index contributed by atoms with van der Waals surface area (Å²) in [6, 6.07) is 0. The highest BCUT2D eigenvalue weighted by atomic mass is 16.5. The second kappa shape index (κ2) is 10.7. The van der Waals surface area contributed by atoms with Gasteiger partial charge in [-0.2, -0.15) is 0 Å². The van der Waals surface area contributed by atoms with Crippen molar-refractivity contribution in [1.29, 1.82) is 0 Å². The van der Waals surface area contributed by atoms with Crippen molar-refractivity contribution in [3.63, 3.8) is 0 Å². The first-order chi connectivity index (χ1) is 7.74. The molecule has 0 unspecified atom stereocenters. The van der Waals surface area contributed by atoms with Gasteiger partial charge in [-0.1, -0.05) is 44.8 Å². The average molecular weight is 226 g/mol. The van der Waals surface area contributed by atoms with Crippen LogP contribution in [0.1, 0.15) is 65.7 Å². The second-order valence-electron chi connectivity index (χ2n) is 4.09. The standard InChI is InChI=1S/C14H26O2/c1-4-7-9-11-13(10-8-5-2)12-14(15)16-6-3/h11H,4-10,12H2,1-3H3/b13-11+. The Balaban J connectivity index is 4.07. The van der Waals surface area contributed by atoms with Crippen LogP contribution < -0.4 is 0 Å². The van der Waals surface area contributed by atoms with Crippen LogP contribution in [0.15, 0.2) is 11.6 Å². The van der Waals surface area contributed by atoms with Gasteiger partial charge in [-0.25, -0.2) is 0 Å². The first-order valence-electron chi connectivity index (χ1n) is 6.58. The maximum atomic E-state index is 11.4. The second-order valence-corrected chi connectivity index (χ2v) is 4.09. The molecule has 16 heavy (non-hydrogen) atoms. The van der Waals surface area contributed by atoms with Crippen molar-refractivity contribution in [2.45, 2.75) is 65.7 Å². The number of esters is 1. The average Bonchev–Trinajstić information content (AvgIpc) is 2.26. The molecule has 0 saturated carbocycles. The lowest BCUT2D eigenvalue weighted by Gasteiger charge is -2.06. The van der Waals surface area contributed by atoms with Gasteiger partial charge >= 0.3 is 5.97 Å². The molecule has 0 saturated heterocycles. The zero-order valence-electron chi connectivity index (χ0n) is 11.1. The number of unbranched alkanes of at least 4 members (excludes halogenated alkanes) is 3. The summed E-state index contributed by atoms with van der Waals surface area (Å²) in [6.07, 6.45) is 9.60. The maximum absolute atomic E-state index is 11.4. The number of ether oxygens (including phenoxy) is 1. The van der Waals surface area contributed by atoms with Gasteiger partial charge in [0.2, 0.25) is 0 Å². The van der Waals surface area contributed by atoms with Crippen LogP contribution in [0.4, 0.5) is 0 Å². The molecule has 0 heterocycles. The Bertz CT molecular complexity index is 207. The highest BCUT2D eigenvalue weighted by Gasteiger charge is 2.06. The Morgan fingerprint density at radius 1 is 1.12 bits per heavy atom. The first-order valence-corrected chi connectivity index (χ1v) is 6.58. The largest absolute Gasteiger partial charge is 0.466 e. The Hall–Kier alpha value is -0.790. The molecule has 0 fully saturated rings. The summed E-state index contributed by atoms with van der Waals surface area (Å²) in [7, 11) is 0. The number of carbonyl (C=O) groups is 1. The number of hydrogen-bond donors (Lipinski definition) is 0. The number of carbonyl (C=O) groups excluding carboxylic acids is 1. The molecule has 2 heteroatoms.